The molecule has 0 spiro atoms. The molecular formula is C31H32N4O9. The second-order valence-corrected chi connectivity index (χ2v) is 9.88. The number of amides is 4. The van der Waals surface area contributed by atoms with Crippen molar-refractivity contribution in [3.63, 3.8) is 0 Å². The summed E-state index contributed by atoms with van der Waals surface area (Å²) in [6.07, 6.45) is -0.934. The molecule has 0 aliphatic heterocycles. The maximum absolute atomic E-state index is 13.4. The topological polar surface area (TPSA) is 174 Å². The Morgan fingerprint density at radius 2 is 1.39 bits per heavy atom. The summed E-state index contributed by atoms with van der Waals surface area (Å²) >= 11 is 0. The van der Waals surface area contributed by atoms with Crippen molar-refractivity contribution in [1.29, 1.82) is 0 Å². The number of benzene rings is 3. The third kappa shape index (κ3) is 8.95. The number of hydrogen-bond acceptors (Lipinski definition) is 9. The first kappa shape index (κ1) is 32.9. The summed E-state index contributed by atoms with van der Waals surface area (Å²) in [5.74, 6) is -2.37. The molecule has 0 bridgehead atoms. The molecule has 0 fully saturated rings. The Morgan fingerprint density at radius 3 is 1.95 bits per heavy atom. The number of rotatable bonds is 11. The smallest absolute Gasteiger partial charge is 0.417 e. The van der Waals surface area contributed by atoms with Gasteiger partial charge in [-0.3, -0.25) is 24.5 Å². The summed E-state index contributed by atoms with van der Waals surface area (Å²) < 4.78 is 9.94. The lowest BCUT2D eigenvalue weighted by atomic mass is 10.1. The molecule has 3 aromatic carbocycles. The predicted molar refractivity (Wildman–Crippen MR) is 157 cm³/mol. The van der Waals surface area contributed by atoms with E-state index in [0.717, 1.165) is 10.5 Å². The molecule has 4 amide bonds. The molecule has 2 atom stereocenters. The average Bonchev–Trinajstić information content (AvgIpc) is 3.02. The second-order valence-electron chi connectivity index (χ2n) is 9.88. The lowest BCUT2D eigenvalue weighted by Crippen LogP contribution is -2.49. The summed E-state index contributed by atoms with van der Waals surface area (Å²) in [6, 6.07) is 16.3. The zero-order valence-corrected chi connectivity index (χ0v) is 24.6. The Bertz CT molecular complexity index is 1520. The molecule has 0 unspecified atom stereocenters. The van der Waals surface area contributed by atoms with E-state index in [4.69, 9.17) is 4.74 Å². The van der Waals surface area contributed by atoms with Crippen LogP contribution in [-0.2, 0) is 32.2 Å². The largest absolute Gasteiger partial charge is 0.467 e. The Balaban J connectivity index is 1.71. The van der Waals surface area contributed by atoms with Crippen LogP contribution in [-0.4, -0.2) is 58.8 Å². The van der Waals surface area contributed by atoms with E-state index >= 15 is 0 Å². The highest BCUT2D eigenvalue weighted by molar-refractivity contribution is 6.03. The van der Waals surface area contributed by atoms with Crippen LogP contribution in [0.4, 0.5) is 10.5 Å². The minimum Gasteiger partial charge on any atom is -0.467 e. The zero-order chi connectivity index (χ0) is 32.4. The summed E-state index contributed by atoms with van der Waals surface area (Å²) in [5.41, 5.74) is 2.28. The third-order valence-corrected chi connectivity index (χ3v) is 6.48. The van der Waals surface area contributed by atoms with Crippen LogP contribution in [0.25, 0.3) is 0 Å². The highest BCUT2D eigenvalue weighted by atomic mass is 16.6. The molecule has 3 rings (SSSR count). The van der Waals surface area contributed by atoms with Crippen molar-refractivity contribution in [2.75, 3.05) is 7.11 Å². The molecule has 44 heavy (non-hydrogen) atoms. The molecule has 0 radical (unpaired) electrons. The van der Waals surface area contributed by atoms with Crippen molar-refractivity contribution in [2.45, 2.75) is 46.0 Å². The van der Waals surface area contributed by atoms with Gasteiger partial charge in [0.2, 0.25) is 5.91 Å². The van der Waals surface area contributed by atoms with Gasteiger partial charge < -0.3 is 20.1 Å². The van der Waals surface area contributed by atoms with Crippen LogP contribution in [0.3, 0.4) is 0 Å². The Morgan fingerprint density at radius 1 is 0.818 bits per heavy atom. The standard InChI is InChI=1S/C31H32N4O9/c1-19-5-11-25(12-6-19)29(38)34(31(40)44-18-23-9-15-26(16-10-23)35(41)42)17-22-7-13-24(14-8-22)28(37)32-20(2)27(36)33-21(3)30(39)43-4/h5-16,20-21H,17-18H2,1-4H3,(H,32,37)(H,33,36)/t20-,21-/m0/s1. The van der Waals surface area contributed by atoms with Gasteiger partial charge in [0, 0.05) is 23.3 Å². The molecule has 0 saturated carbocycles. The highest BCUT2D eigenvalue weighted by Crippen LogP contribution is 2.17. The first-order valence-corrected chi connectivity index (χ1v) is 13.5. The molecule has 0 aromatic heterocycles. The van der Waals surface area contributed by atoms with Gasteiger partial charge >= 0.3 is 12.1 Å². The fraction of sp³-hybridized carbons (Fsp3) is 0.258. The van der Waals surface area contributed by atoms with E-state index in [9.17, 15) is 34.1 Å². The maximum Gasteiger partial charge on any atom is 0.417 e. The number of hydrogen-bond donors (Lipinski definition) is 2. The fourth-order valence-electron chi connectivity index (χ4n) is 3.87. The van der Waals surface area contributed by atoms with E-state index in [1.165, 1.54) is 57.4 Å². The van der Waals surface area contributed by atoms with E-state index in [-0.39, 0.29) is 30.0 Å². The number of nitro benzene ring substituents is 1. The van der Waals surface area contributed by atoms with Crippen LogP contribution < -0.4 is 10.6 Å². The highest BCUT2D eigenvalue weighted by Gasteiger charge is 2.26. The molecule has 0 heterocycles. The van der Waals surface area contributed by atoms with Gasteiger partial charge in [-0.25, -0.2) is 14.5 Å². The van der Waals surface area contributed by atoms with Crippen LogP contribution in [0.1, 0.15) is 51.3 Å². The van der Waals surface area contributed by atoms with Gasteiger partial charge in [0.05, 0.1) is 18.6 Å². The van der Waals surface area contributed by atoms with Crippen LogP contribution in [0.5, 0.6) is 0 Å². The number of nitrogens with one attached hydrogen (secondary N) is 2. The number of imide groups is 1. The number of ether oxygens (including phenoxy) is 2. The molecule has 13 heteroatoms. The number of esters is 1. The molecule has 0 saturated heterocycles. The van der Waals surface area contributed by atoms with Crippen molar-refractivity contribution in [3.05, 3.63) is 111 Å². The molecular weight excluding hydrogens is 572 g/mol. The van der Waals surface area contributed by atoms with Gasteiger partial charge in [-0.15, -0.1) is 0 Å². The molecule has 230 valence electrons. The number of non-ortho nitro benzene ring substituents is 1. The van der Waals surface area contributed by atoms with Gasteiger partial charge in [-0.2, -0.15) is 0 Å². The van der Waals surface area contributed by atoms with Crippen molar-refractivity contribution < 1.29 is 38.4 Å². The van der Waals surface area contributed by atoms with E-state index < -0.39 is 46.8 Å². The first-order valence-electron chi connectivity index (χ1n) is 13.5. The fourth-order valence-corrected chi connectivity index (χ4v) is 3.87. The van der Waals surface area contributed by atoms with Crippen molar-refractivity contribution in [2.24, 2.45) is 0 Å². The molecule has 13 nitrogen and oxygen atoms in total. The normalized spacial score (nSPS) is 11.8. The zero-order valence-electron chi connectivity index (χ0n) is 24.6. The minimum atomic E-state index is -0.956. The molecule has 0 aliphatic carbocycles. The van der Waals surface area contributed by atoms with Crippen LogP contribution in [0.15, 0.2) is 72.8 Å². The van der Waals surface area contributed by atoms with Gasteiger partial charge in [0.15, 0.2) is 0 Å². The Hall–Kier alpha value is -5.59. The number of carbonyl (C=O) groups is 5. The van der Waals surface area contributed by atoms with Gasteiger partial charge in [-0.1, -0.05) is 29.8 Å². The predicted octanol–water partition coefficient (Wildman–Crippen LogP) is 3.68. The number of nitrogens with zero attached hydrogens (tertiary/aromatic N) is 2. The minimum absolute atomic E-state index is 0.112. The Labute approximate surface area is 253 Å². The van der Waals surface area contributed by atoms with Crippen molar-refractivity contribution in [1.82, 2.24) is 15.5 Å². The van der Waals surface area contributed by atoms with Gasteiger partial charge in [0.1, 0.15) is 18.7 Å². The number of aryl methyl sites for hydroxylation is 1. The van der Waals surface area contributed by atoms with Crippen LogP contribution in [0, 0.1) is 17.0 Å². The van der Waals surface area contributed by atoms with Crippen molar-refractivity contribution >= 4 is 35.5 Å². The van der Waals surface area contributed by atoms with E-state index in [1.807, 2.05) is 6.92 Å². The van der Waals surface area contributed by atoms with Crippen LogP contribution >= 0.6 is 0 Å². The third-order valence-electron chi connectivity index (χ3n) is 6.48. The van der Waals surface area contributed by atoms with E-state index in [2.05, 4.69) is 15.4 Å². The van der Waals surface area contributed by atoms with E-state index in [1.54, 1.807) is 36.4 Å². The SMILES string of the molecule is COC(=O)[C@H](C)NC(=O)[C@H](C)NC(=O)c1ccc(CN(C(=O)OCc2ccc([N+](=O)[O-])cc2)C(=O)c2ccc(C)cc2)cc1. The number of nitro groups is 1. The summed E-state index contributed by atoms with van der Waals surface area (Å²) in [5, 5.41) is 15.9. The Kier molecular flexibility index (Phi) is 11.3. The lowest BCUT2D eigenvalue weighted by Gasteiger charge is -2.21. The monoisotopic (exact) mass is 604 g/mol. The number of carbonyl (C=O) groups excluding carboxylic acids is 5. The quantitative estimate of drug-likeness (QED) is 0.188. The van der Waals surface area contributed by atoms with Gasteiger partial charge in [-0.05, 0) is 68.3 Å². The lowest BCUT2D eigenvalue weighted by molar-refractivity contribution is -0.384. The van der Waals surface area contributed by atoms with Gasteiger partial charge in [0.25, 0.3) is 17.5 Å². The first-order chi connectivity index (χ1) is 20.9. The number of methoxy groups -OCH3 is 1. The summed E-state index contributed by atoms with van der Waals surface area (Å²) in [6.45, 7) is 4.37. The summed E-state index contributed by atoms with van der Waals surface area (Å²) in [4.78, 5) is 74.3. The van der Waals surface area contributed by atoms with E-state index in [0.29, 0.717) is 11.1 Å². The average molecular weight is 605 g/mol. The molecule has 3 aromatic rings. The maximum atomic E-state index is 13.4. The second kappa shape index (κ2) is 15.0. The van der Waals surface area contributed by atoms with Crippen molar-refractivity contribution in [3.8, 4) is 0 Å². The summed E-state index contributed by atoms with van der Waals surface area (Å²) in [7, 11) is 1.20. The molecule has 0 aliphatic rings. The molecule has 2 N–H and O–H groups in total. The van der Waals surface area contributed by atoms with Crippen LogP contribution in [0.2, 0.25) is 0 Å².